The molecule has 0 bridgehead atoms. The van der Waals surface area contributed by atoms with Gasteiger partial charge in [-0.1, -0.05) is 0 Å². The van der Waals surface area contributed by atoms with E-state index in [2.05, 4.69) is 12.2 Å². The van der Waals surface area contributed by atoms with Crippen LogP contribution in [0.5, 0.6) is 0 Å². The van der Waals surface area contributed by atoms with Crippen molar-refractivity contribution in [3.63, 3.8) is 0 Å². The molecule has 0 saturated carbocycles. The molecule has 1 N–H and O–H groups in total. The van der Waals surface area contributed by atoms with E-state index in [-0.39, 0.29) is 11.8 Å². The summed E-state index contributed by atoms with van der Waals surface area (Å²) in [6.45, 7) is 4.66. The molecule has 2 aliphatic heterocycles. The summed E-state index contributed by atoms with van der Waals surface area (Å²) in [5.74, 6) is 1.01. The predicted molar refractivity (Wildman–Crippen MR) is 54.1 cm³/mol. The van der Waals surface area contributed by atoms with E-state index < -0.39 is 0 Å². The van der Waals surface area contributed by atoms with E-state index in [0.29, 0.717) is 11.8 Å². The molecule has 0 aromatic carbocycles. The van der Waals surface area contributed by atoms with E-state index in [1.54, 1.807) is 0 Å². The van der Waals surface area contributed by atoms with Crippen molar-refractivity contribution in [1.29, 1.82) is 0 Å². The van der Waals surface area contributed by atoms with Crippen LogP contribution in [-0.2, 0) is 9.53 Å². The quantitative estimate of drug-likeness (QED) is 0.717. The highest BCUT2D eigenvalue weighted by Crippen LogP contribution is 2.25. The summed E-state index contributed by atoms with van der Waals surface area (Å²) >= 11 is 0. The Bertz CT molecular complexity index is 211. The summed E-state index contributed by atoms with van der Waals surface area (Å²) in [6.07, 6.45) is 2.89. The van der Waals surface area contributed by atoms with Crippen LogP contribution in [0.3, 0.4) is 0 Å². The van der Waals surface area contributed by atoms with Gasteiger partial charge in [-0.15, -0.1) is 0 Å². The molecule has 2 heterocycles. The van der Waals surface area contributed by atoms with E-state index in [0.717, 1.165) is 39.0 Å². The van der Waals surface area contributed by atoms with Gasteiger partial charge in [-0.3, -0.25) is 4.79 Å². The van der Waals surface area contributed by atoms with Crippen LogP contribution in [-0.4, -0.2) is 31.6 Å². The van der Waals surface area contributed by atoms with E-state index in [9.17, 15) is 4.79 Å². The van der Waals surface area contributed by atoms with Crippen LogP contribution in [0.4, 0.5) is 0 Å². The van der Waals surface area contributed by atoms with Crippen molar-refractivity contribution < 1.29 is 9.53 Å². The Hall–Kier alpha value is -0.410. The van der Waals surface area contributed by atoms with Gasteiger partial charge in [0.05, 0.1) is 0 Å². The lowest BCUT2D eigenvalue weighted by Gasteiger charge is -2.25. The molecule has 2 unspecified atom stereocenters. The minimum Gasteiger partial charge on any atom is -0.381 e. The molecule has 3 nitrogen and oxygen atoms in total. The molecule has 2 atom stereocenters. The van der Waals surface area contributed by atoms with Crippen LogP contribution in [0, 0.1) is 11.8 Å². The maximum absolute atomic E-state index is 12.1. The highest BCUT2D eigenvalue weighted by Gasteiger charge is 2.34. The van der Waals surface area contributed by atoms with Crippen LogP contribution in [0.25, 0.3) is 0 Å². The Kier molecular flexibility index (Phi) is 3.19. The van der Waals surface area contributed by atoms with Gasteiger partial charge in [-0.2, -0.15) is 0 Å². The number of Topliss-reactive ketones (excluding diaryl/α,β-unsaturated/α-hetero) is 1. The number of carbonyl (C=O) groups is 1. The van der Waals surface area contributed by atoms with Crippen LogP contribution in [0.15, 0.2) is 0 Å². The zero-order valence-corrected chi connectivity index (χ0v) is 8.79. The fraction of sp³-hybridized carbons (Fsp3) is 0.909. The third-order valence-corrected chi connectivity index (χ3v) is 3.51. The summed E-state index contributed by atoms with van der Waals surface area (Å²) in [5.41, 5.74) is 0. The fourth-order valence-corrected chi connectivity index (χ4v) is 2.53. The van der Waals surface area contributed by atoms with Crippen LogP contribution in [0.2, 0.25) is 0 Å². The third kappa shape index (κ3) is 1.98. The molecule has 80 valence electrons. The number of hydrogen-bond acceptors (Lipinski definition) is 3. The minimum absolute atomic E-state index is 0.262. The fourth-order valence-electron chi connectivity index (χ4n) is 2.53. The summed E-state index contributed by atoms with van der Waals surface area (Å²) in [6, 6.07) is 0.380. The Morgan fingerprint density at radius 3 is 2.57 bits per heavy atom. The lowest BCUT2D eigenvalue weighted by molar-refractivity contribution is -0.129. The average molecular weight is 197 g/mol. The van der Waals surface area contributed by atoms with E-state index in [1.807, 2.05) is 0 Å². The lowest BCUT2D eigenvalue weighted by atomic mass is 9.84. The minimum atomic E-state index is 0.262. The first-order valence-corrected chi connectivity index (χ1v) is 5.64. The highest BCUT2D eigenvalue weighted by molar-refractivity contribution is 5.84. The molecule has 2 aliphatic rings. The maximum Gasteiger partial charge on any atom is 0.140 e. The van der Waals surface area contributed by atoms with Gasteiger partial charge in [0.2, 0.25) is 0 Å². The smallest absolute Gasteiger partial charge is 0.140 e. The Morgan fingerprint density at radius 1 is 1.29 bits per heavy atom. The van der Waals surface area contributed by atoms with Crippen molar-refractivity contribution in [1.82, 2.24) is 5.32 Å². The molecule has 0 aliphatic carbocycles. The number of carbonyl (C=O) groups excluding carboxylic acids is 1. The molecular weight excluding hydrogens is 178 g/mol. The van der Waals surface area contributed by atoms with Gasteiger partial charge in [0, 0.05) is 31.1 Å². The molecule has 14 heavy (non-hydrogen) atoms. The second-order valence-corrected chi connectivity index (χ2v) is 4.43. The van der Waals surface area contributed by atoms with E-state index in [1.165, 1.54) is 0 Å². The number of ketones is 1. The molecule has 0 aromatic heterocycles. The average Bonchev–Trinajstić information content (AvgIpc) is 2.65. The van der Waals surface area contributed by atoms with Crippen molar-refractivity contribution >= 4 is 5.78 Å². The van der Waals surface area contributed by atoms with Gasteiger partial charge < -0.3 is 10.1 Å². The van der Waals surface area contributed by atoms with Crippen molar-refractivity contribution in [2.75, 3.05) is 19.8 Å². The first-order valence-electron chi connectivity index (χ1n) is 5.64. The highest BCUT2D eigenvalue weighted by atomic mass is 16.5. The number of rotatable bonds is 2. The molecular formula is C11H19NO2. The number of nitrogens with one attached hydrogen (secondary N) is 1. The Labute approximate surface area is 85.2 Å². The largest absolute Gasteiger partial charge is 0.381 e. The first-order chi connectivity index (χ1) is 6.79. The SMILES string of the molecule is CC1NCCC1C(=O)C1CCOCC1. The molecule has 2 saturated heterocycles. The van der Waals surface area contributed by atoms with Crippen molar-refractivity contribution in [2.45, 2.75) is 32.2 Å². The van der Waals surface area contributed by atoms with Gasteiger partial charge in [0.25, 0.3) is 0 Å². The number of hydrogen-bond donors (Lipinski definition) is 1. The molecule has 2 fully saturated rings. The van der Waals surface area contributed by atoms with E-state index >= 15 is 0 Å². The monoisotopic (exact) mass is 197 g/mol. The summed E-state index contributed by atoms with van der Waals surface area (Å²) in [5, 5.41) is 3.34. The summed E-state index contributed by atoms with van der Waals surface area (Å²) in [7, 11) is 0. The zero-order valence-electron chi connectivity index (χ0n) is 8.79. The molecule has 2 rings (SSSR count). The second kappa shape index (κ2) is 4.41. The van der Waals surface area contributed by atoms with Crippen LogP contribution >= 0.6 is 0 Å². The zero-order chi connectivity index (χ0) is 9.97. The van der Waals surface area contributed by atoms with Gasteiger partial charge >= 0.3 is 0 Å². The Morgan fingerprint density at radius 2 is 2.00 bits per heavy atom. The molecule has 0 radical (unpaired) electrons. The standard InChI is InChI=1S/C11H19NO2/c1-8-10(2-5-12-8)11(13)9-3-6-14-7-4-9/h8-10,12H,2-7H2,1H3. The van der Waals surface area contributed by atoms with Crippen molar-refractivity contribution in [3.8, 4) is 0 Å². The maximum atomic E-state index is 12.1. The molecule has 0 spiro atoms. The Balaban J connectivity index is 1.92. The van der Waals surface area contributed by atoms with Gasteiger partial charge in [0.1, 0.15) is 5.78 Å². The molecule has 3 heteroatoms. The molecule has 0 aromatic rings. The lowest BCUT2D eigenvalue weighted by Crippen LogP contribution is -2.34. The van der Waals surface area contributed by atoms with Gasteiger partial charge in [0.15, 0.2) is 0 Å². The van der Waals surface area contributed by atoms with Crippen LogP contribution < -0.4 is 5.32 Å². The molecule has 0 amide bonds. The second-order valence-electron chi connectivity index (χ2n) is 4.43. The normalized spacial score (nSPS) is 34.6. The summed E-state index contributed by atoms with van der Waals surface area (Å²) < 4.78 is 5.27. The van der Waals surface area contributed by atoms with Gasteiger partial charge in [-0.25, -0.2) is 0 Å². The summed E-state index contributed by atoms with van der Waals surface area (Å²) in [4.78, 5) is 12.1. The van der Waals surface area contributed by atoms with E-state index in [4.69, 9.17) is 4.74 Å². The topological polar surface area (TPSA) is 38.3 Å². The number of ether oxygens (including phenoxy) is 1. The van der Waals surface area contributed by atoms with Crippen molar-refractivity contribution in [3.05, 3.63) is 0 Å². The van der Waals surface area contributed by atoms with Crippen molar-refractivity contribution in [2.24, 2.45) is 11.8 Å². The van der Waals surface area contributed by atoms with Crippen LogP contribution in [0.1, 0.15) is 26.2 Å². The third-order valence-electron chi connectivity index (χ3n) is 3.51. The first kappa shape index (κ1) is 10.1. The predicted octanol–water partition coefficient (Wildman–Crippen LogP) is 0.980. The van der Waals surface area contributed by atoms with Gasteiger partial charge in [-0.05, 0) is 32.7 Å².